The maximum absolute atomic E-state index is 6.16. The zero-order chi connectivity index (χ0) is 10.2. The van der Waals surface area contributed by atoms with Gasteiger partial charge in [-0.1, -0.05) is 43.6 Å². The smallest absolute Gasteiger partial charge is 0.0438 e. The summed E-state index contributed by atoms with van der Waals surface area (Å²) in [6, 6.07) is 8.23. The van der Waals surface area contributed by atoms with Crippen molar-refractivity contribution in [3.05, 3.63) is 34.9 Å². The van der Waals surface area contributed by atoms with E-state index < -0.39 is 0 Å². The summed E-state index contributed by atoms with van der Waals surface area (Å²) in [5, 5.41) is 0.930. The Bertz CT molecular complexity index is 324. The standard InChI is InChI=1S/C13H17Cl/c1-10(2)13(7-8-13)9-11-5-3-4-6-12(11)14/h3-6,10H,7-9H2,1-2H3. The molecule has 0 spiro atoms. The molecule has 0 heterocycles. The minimum atomic E-state index is 0.561. The normalized spacial score (nSPS) is 18.6. The van der Waals surface area contributed by atoms with Crippen molar-refractivity contribution in [3.8, 4) is 0 Å². The Hall–Kier alpha value is -0.490. The van der Waals surface area contributed by atoms with Gasteiger partial charge in [-0.2, -0.15) is 0 Å². The molecule has 0 bridgehead atoms. The number of hydrogen-bond donors (Lipinski definition) is 0. The monoisotopic (exact) mass is 208 g/mol. The first-order chi connectivity index (χ1) is 6.64. The first-order valence-electron chi connectivity index (χ1n) is 5.37. The second kappa shape index (κ2) is 3.58. The lowest BCUT2D eigenvalue weighted by Crippen LogP contribution is -2.12. The first kappa shape index (κ1) is 10.0. The van der Waals surface area contributed by atoms with E-state index in [1.807, 2.05) is 12.1 Å². The molecule has 0 amide bonds. The van der Waals surface area contributed by atoms with Gasteiger partial charge in [0.25, 0.3) is 0 Å². The van der Waals surface area contributed by atoms with Crippen molar-refractivity contribution in [3.63, 3.8) is 0 Å². The topological polar surface area (TPSA) is 0 Å². The van der Waals surface area contributed by atoms with E-state index in [2.05, 4.69) is 26.0 Å². The Balaban J connectivity index is 2.15. The van der Waals surface area contributed by atoms with Crippen molar-refractivity contribution >= 4 is 11.6 Å². The minimum Gasteiger partial charge on any atom is -0.0840 e. The SMILES string of the molecule is CC(C)C1(Cc2ccccc2Cl)CC1. The molecule has 1 heteroatoms. The lowest BCUT2D eigenvalue weighted by atomic mass is 9.86. The quantitative estimate of drug-likeness (QED) is 0.694. The molecule has 1 aromatic carbocycles. The van der Waals surface area contributed by atoms with E-state index in [0.29, 0.717) is 5.41 Å². The largest absolute Gasteiger partial charge is 0.0840 e. The van der Waals surface area contributed by atoms with Crippen LogP contribution < -0.4 is 0 Å². The molecule has 1 aliphatic rings. The van der Waals surface area contributed by atoms with Crippen LogP contribution in [-0.2, 0) is 6.42 Å². The number of benzene rings is 1. The van der Waals surface area contributed by atoms with Gasteiger partial charge in [-0.15, -0.1) is 0 Å². The third-order valence-electron chi connectivity index (χ3n) is 3.62. The van der Waals surface area contributed by atoms with Crippen molar-refractivity contribution in [1.29, 1.82) is 0 Å². The molecular weight excluding hydrogens is 192 g/mol. The molecule has 1 aromatic rings. The van der Waals surface area contributed by atoms with Crippen molar-refractivity contribution < 1.29 is 0 Å². The summed E-state index contributed by atoms with van der Waals surface area (Å²) in [4.78, 5) is 0. The predicted octanol–water partition coefficient (Wildman–Crippen LogP) is 4.32. The highest BCUT2D eigenvalue weighted by atomic mass is 35.5. The Morgan fingerprint density at radius 2 is 1.93 bits per heavy atom. The van der Waals surface area contributed by atoms with Gasteiger partial charge >= 0.3 is 0 Å². The molecule has 14 heavy (non-hydrogen) atoms. The van der Waals surface area contributed by atoms with Crippen LogP contribution in [0.15, 0.2) is 24.3 Å². The molecule has 0 saturated heterocycles. The number of rotatable bonds is 3. The van der Waals surface area contributed by atoms with Crippen LogP contribution in [0.5, 0.6) is 0 Å². The minimum absolute atomic E-state index is 0.561. The van der Waals surface area contributed by atoms with Crippen LogP contribution in [0.4, 0.5) is 0 Å². The summed E-state index contributed by atoms with van der Waals surface area (Å²) in [5.41, 5.74) is 1.88. The molecule has 76 valence electrons. The number of hydrogen-bond acceptors (Lipinski definition) is 0. The fourth-order valence-corrected chi connectivity index (χ4v) is 2.34. The van der Waals surface area contributed by atoms with Gasteiger partial charge in [-0.3, -0.25) is 0 Å². The molecule has 2 rings (SSSR count). The average molecular weight is 209 g/mol. The van der Waals surface area contributed by atoms with E-state index in [1.165, 1.54) is 18.4 Å². The summed E-state index contributed by atoms with van der Waals surface area (Å²) in [6.07, 6.45) is 3.90. The third-order valence-corrected chi connectivity index (χ3v) is 3.99. The molecule has 0 N–H and O–H groups in total. The van der Waals surface area contributed by atoms with Crippen molar-refractivity contribution in [2.24, 2.45) is 11.3 Å². The van der Waals surface area contributed by atoms with Crippen molar-refractivity contribution in [2.45, 2.75) is 33.1 Å². The fourth-order valence-electron chi connectivity index (χ4n) is 2.14. The van der Waals surface area contributed by atoms with Crippen LogP contribution >= 0.6 is 11.6 Å². The predicted molar refractivity (Wildman–Crippen MR) is 61.7 cm³/mol. The zero-order valence-electron chi connectivity index (χ0n) is 8.89. The van der Waals surface area contributed by atoms with Gasteiger partial charge in [0.05, 0.1) is 0 Å². The number of halogens is 1. The molecular formula is C13H17Cl. The molecule has 0 nitrogen and oxygen atoms in total. The summed E-state index contributed by atoms with van der Waals surface area (Å²) in [5.74, 6) is 0.777. The zero-order valence-corrected chi connectivity index (χ0v) is 9.64. The van der Waals surface area contributed by atoms with Crippen LogP contribution in [0.1, 0.15) is 32.3 Å². The Labute approximate surface area is 91.3 Å². The summed E-state index contributed by atoms with van der Waals surface area (Å²) >= 11 is 6.16. The first-order valence-corrected chi connectivity index (χ1v) is 5.75. The molecule has 1 fully saturated rings. The van der Waals surface area contributed by atoms with Gasteiger partial charge in [-0.05, 0) is 42.2 Å². The average Bonchev–Trinajstić information content (AvgIpc) is 2.90. The lowest BCUT2D eigenvalue weighted by Gasteiger charge is -2.20. The van der Waals surface area contributed by atoms with Crippen LogP contribution in [0, 0.1) is 11.3 Å². The summed E-state index contributed by atoms with van der Waals surface area (Å²) < 4.78 is 0. The van der Waals surface area contributed by atoms with E-state index in [-0.39, 0.29) is 0 Å². The maximum Gasteiger partial charge on any atom is 0.0438 e. The van der Waals surface area contributed by atoms with E-state index in [0.717, 1.165) is 17.4 Å². The molecule has 0 aliphatic heterocycles. The van der Waals surface area contributed by atoms with Gasteiger partial charge in [0, 0.05) is 5.02 Å². The Kier molecular flexibility index (Phi) is 2.57. The van der Waals surface area contributed by atoms with Gasteiger partial charge < -0.3 is 0 Å². The van der Waals surface area contributed by atoms with E-state index in [9.17, 15) is 0 Å². The lowest BCUT2D eigenvalue weighted by molar-refractivity contribution is 0.357. The molecule has 0 radical (unpaired) electrons. The van der Waals surface area contributed by atoms with Crippen LogP contribution in [0.3, 0.4) is 0 Å². The van der Waals surface area contributed by atoms with E-state index in [1.54, 1.807) is 0 Å². The molecule has 0 unspecified atom stereocenters. The third kappa shape index (κ3) is 1.81. The summed E-state index contributed by atoms with van der Waals surface area (Å²) in [7, 11) is 0. The second-order valence-corrected chi connectivity index (χ2v) is 5.19. The highest BCUT2D eigenvalue weighted by molar-refractivity contribution is 6.31. The van der Waals surface area contributed by atoms with Crippen LogP contribution in [0.2, 0.25) is 5.02 Å². The maximum atomic E-state index is 6.16. The van der Waals surface area contributed by atoms with E-state index >= 15 is 0 Å². The van der Waals surface area contributed by atoms with Gasteiger partial charge in [0.1, 0.15) is 0 Å². The van der Waals surface area contributed by atoms with Crippen LogP contribution in [-0.4, -0.2) is 0 Å². The van der Waals surface area contributed by atoms with Crippen LogP contribution in [0.25, 0.3) is 0 Å². The van der Waals surface area contributed by atoms with E-state index in [4.69, 9.17) is 11.6 Å². The van der Waals surface area contributed by atoms with Gasteiger partial charge in [-0.25, -0.2) is 0 Å². The molecule has 0 atom stereocenters. The summed E-state index contributed by atoms with van der Waals surface area (Å²) in [6.45, 7) is 4.65. The second-order valence-electron chi connectivity index (χ2n) is 4.79. The van der Waals surface area contributed by atoms with Crippen molar-refractivity contribution in [2.75, 3.05) is 0 Å². The highest BCUT2D eigenvalue weighted by Crippen LogP contribution is 2.54. The Morgan fingerprint density at radius 1 is 1.29 bits per heavy atom. The Morgan fingerprint density at radius 3 is 2.43 bits per heavy atom. The molecule has 1 saturated carbocycles. The van der Waals surface area contributed by atoms with Gasteiger partial charge in [0.2, 0.25) is 0 Å². The molecule has 1 aliphatic carbocycles. The van der Waals surface area contributed by atoms with Crippen molar-refractivity contribution in [1.82, 2.24) is 0 Å². The fraction of sp³-hybridized carbons (Fsp3) is 0.538. The molecule has 0 aromatic heterocycles. The van der Waals surface area contributed by atoms with Gasteiger partial charge in [0.15, 0.2) is 0 Å². The highest BCUT2D eigenvalue weighted by Gasteiger charge is 2.45.